The number of methoxy groups -OCH3 is 1. The van der Waals surface area contributed by atoms with E-state index in [9.17, 15) is 9.18 Å². The predicted molar refractivity (Wildman–Crippen MR) is 157 cm³/mol. The summed E-state index contributed by atoms with van der Waals surface area (Å²) in [7, 11) is 3.47. The fourth-order valence-corrected chi connectivity index (χ4v) is 5.65. The van der Waals surface area contributed by atoms with Crippen LogP contribution in [0.15, 0.2) is 30.3 Å². The molecule has 0 bridgehead atoms. The van der Waals surface area contributed by atoms with Crippen molar-refractivity contribution < 1.29 is 27.8 Å². The number of carbonyl (C=O) groups excluding carboxylic acids is 1. The van der Waals surface area contributed by atoms with Gasteiger partial charge in [0.25, 0.3) is 0 Å². The minimum atomic E-state index is -0.699. The number of carbonyl (C=O) groups is 1. The van der Waals surface area contributed by atoms with E-state index in [4.69, 9.17) is 14.2 Å². The minimum Gasteiger partial charge on any atom is -0.496 e. The first-order valence-electron chi connectivity index (χ1n) is 14.4. The molecule has 1 unspecified atom stereocenters. The molecule has 2 atom stereocenters. The second kappa shape index (κ2) is 11.9. The molecule has 0 N–H and O–H groups in total. The zero-order valence-electron chi connectivity index (χ0n) is 25.1. The van der Waals surface area contributed by atoms with Gasteiger partial charge in [-0.25, -0.2) is 18.6 Å². The van der Waals surface area contributed by atoms with E-state index in [1.807, 2.05) is 27.7 Å². The van der Waals surface area contributed by atoms with Gasteiger partial charge in [-0.15, -0.1) is 0 Å². The summed E-state index contributed by atoms with van der Waals surface area (Å²) in [6, 6.07) is 7.59. The van der Waals surface area contributed by atoms with Gasteiger partial charge in [0, 0.05) is 43.2 Å². The standard InChI is InChI=1S/C31H39F2N5O4/c1-19-17-37(30(39)42-31(2,3)4)13-14-38(19)24-16-26(41-18-20-9-8-12-36(20)5)34-29-21(24)15-23(33)28(35-29)27-22(32)10-7-11-25(27)40-6/h7,10-11,15-16,19-20H,8-9,12-14,17-18H2,1-6H3/t19?,20-/m0/s1. The van der Waals surface area contributed by atoms with Crippen LogP contribution in [0.2, 0.25) is 0 Å². The van der Waals surface area contributed by atoms with Crippen molar-refractivity contribution in [3.63, 3.8) is 0 Å². The van der Waals surface area contributed by atoms with Crippen LogP contribution in [0.5, 0.6) is 11.6 Å². The van der Waals surface area contributed by atoms with Crippen LogP contribution in [0.4, 0.5) is 19.3 Å². The van der Waals surface area contributed by atoms with Crippen LogP contribution in [-0.2, 0) is 4.74 Å². The van der Waals surface area contributed by atoms with Crippen LogP contribution in [-0.4, -0.2) is 90.5 Å². The number of aromatic nitrogens is 2. The first-order chi connectivity index (χ1) is 19.9. The maximum Gasteiger partial charge on any atom is 0.410 e. The lowest BCUT2D eigenvalue weighted by atomic mass is 10.1. The maximum absolute atomic E-state index is 15.7. The molecule has 2 fully saturated rings. The van der Waals surface area contributed by atoms with Gasteiger partial charge < -0.3 is 28.9 Å². The number of piperazine rings is 1. The number of rotatable bonds is 6. The number of halogens is 2. The number of nitrogens with zero attached hydrogens (tertiary/aromatic N) is 5. The Morgan fingerprint density at radius 3 is 2.55 bits per heavy atom. The monoisotopic (exact) mass is 583 g/mol. The van der Waals surface area contributed by atoms with Gasteiger partial charge in [0.15, 0.2) is 11.5 Å². The molecule has 2 aliphatic rings. The number of likely N-dealkylation sites (N-methyl/N-ethyl adjacent to an activating group) is 1. The summed E-state index contributed by atoms with van der Waals surface area (Å²) in [6.07, 6.45) is 1.77. The highest BCUT2D eigenvalue weighted by Gasteiger charge is 2.32. The maximum atomic E-state index is 15.7. The molecule has 0 aliphatic carbocycles. The van der Waals surface area contributed by atoms with Crippen LogP contribution >= 0.6 is 0 Å². The molecule has 2 aliphatic heterocycles. The fourth-order valence-electron chi connectivity index (χ4n) is 5.65. The second-order valence-electron chi connectivity index (χ2n) is 12.0. The third-order valence-electron chi connectivity index (χ3n) is 7.82. The Labute approximate surface area is 245 Å². The van der Waals surface area contributed by atoms with E-state index in [0.717, 1.165) is 19.4 Å². The molecule has 2 saturated heterocycles. The highest BCUT2D eigenvalue weighted by atomic mass is 19.1. The molecule has 1 aromatic carbocycles. The van der Waals surface area contributed by atoms with E-state index < -0.39 is 17.2 Å². The summed E-state index contributed by atoms with van der Waals surface area (Å²) in [5.74, 6) is -0.825. The molecule has 42 heavy (non-hydrogen) atoms. The number of hydrogen-bond acceptors (Lipinski definition) is 8. The number of ether oxygens (including phenoxy) is 3. The van der Waals surface area contributed by atoms with Crippen molar-refractivity contribution in [1.29, 1.82) is 0 Å². The molecular formula is C31H39F2N5O4. The van der Waals surface area contributed by atoms with Crippen LogP contribution in [0.25, 0.3) is 22.3 Å². The number of amides is 1. The van der Waals surface area contributed by atoms with Gasteiger partial charge in [0.1, 0.15) is 29.5 Å². The first-order valence-corrected chi connectivity index (χ1v) is 14.4. The molecule has 5 rings (SSSR count). The summed E-state index contributed by atoms with van der Waals surface area (Å²) in [5.41, 5.74) is 0.0582. The van der Waals surface area contributed by atoms with Gasteiger partial charge in [-0.2, -0.15) is 4.98 Å². The number of anilines is 1. The zero-order chi connectivity index (χ0) is 30.2. The SMILES string of the molecule is COc1cccc(F)c1-c1nc2nc(OC[C@@H]3CCCN3C)cc(N3CCN(C(=O)OC(C)(C)C)CC3C)c2cc1F. The first kappa shape index (κ1) is 29.8. The summed E-state index contributed by atoms with van der Waals surface area (Å²) in [4.78, 5) is 28.0. The third-order valence-corrected chi connectivity index (χ3v) is 7.82. The summed E-state index contributed by atoms with van der Waals surface area (Å²) >= 11 is 0. The van der Waals surface area contributed by atoms with Crippen molar-refractivity contribution in [2.24, 2.45) is 0 Å². The lowest BCUT2D eigenvalue weighted by Gasteiger charge is -2.41. The fraction of sp³-hybridized carbons (Fsp3) is 0.516. The number of pyridine rings is 2. The lowest BCUT2D eigenvalue weighted by molar-refractivity contribution is 0.0219. The van der Waals surface area contributed by atoms with Crippen molar-refractivity contribution >= 4 is 22.8 Å². The van der Waals surface area contributed by atoms with E-state index >= 15 is 4.39 Å². The number of benzene rings is 1. The molecule has 0 saturated carbocycles. The molecule has 1 amide bonds. The van der Waals surface area contributed by atoms with Crippen LogP contribution in [0.1, 0.15) is 40.5 Å². The Morgan fingerprint density at radius 1 is 1.10 bits per heavy atom. The van der Waals surface area contributed by atoms with E-state index in [1.54, 1.807) is 17.0 Å². The summed E-state index contributed by atoms with van der Waals surface area (Å²) in [6.45, 7) is 10.3. The molecule has 0 radical (unpaired) electrons. The van der Waals surface area contributed by atoms with E-state index in [1.165, 1.54) is 25.3 Å². The van der Waals surface area contributed by atoms with Crippen LogP contribution in [0.3, 0.4) is 0 Å². The Balaban J connectivity index is 1.54. The quantitative estimate of drug-likeness (QED) is 0.376. The topological polar surface area (TPSA) is 80.3 Å². The molecular weight excluding hydrogens is 544 g/mol. The molecule has 2 aromatic heterocycles. The van der Waals surface area contributed by atoms with Gasteiger partial charge >= 0.3 is 6.09 Å². The Hall–Kier alpha value is -3.73. The highest BCUT2D eigenvalue weighted by molar-refractivity contribution is 5.92. The molecule has 9 nitrogen and oxygen atoms in total. The van der Waals surface area contributed by atoms with Gasteiger partial charge in [0.2, 0.25) is 5.88 Å². The van der Waals surface area contributed by atoms with E-state index in [-0.39, 0.29) is 40.8 Å². The number of hydrogen-bond donors (Lipinski definition) is 0. The Kier molecular flexibility index (Phi) is 8.41. The van der Waals surface area contributed by atoms with Gasteiger partial charge in [-0.1, -0.05) is 6.07 Å². The van der Waals surface area contributed by atoms with Crippen molar-refractivity contribution in [2.45, 2.75) is 58.2 Å². The van der Waals surface area contributed by atoms with Crippen LogP contribution < -0.4 is 14.4 Å². The summed E-state index contributed by atoms with van der Waals surface area (Å²) < 4.78 is 47.8. The smallest absolute Gasteiger partial charge is 0.410 e. The highest BCUT2D eigenvalue weighted by Crippen LogP contribution is 2.38. The second-order valence-corrected chi connectivity index (χ2v) is 12.0. The number of fused-ring (bicyclic) bond motifs is 1. The predicted octanol–water partition coefficient (Wildman–Crippen LogP) is 5.50. The van der Waals surface area contributed by atoms with Gasteiger partial charge in [-0.05, 0) is 72.3 Å². The molecule has 3 aromatic rings. The molecule has 4 heterocycles. The average molecular weight is 584 g/mol. The van der Waals surface area contributed by atoms with Gasteiger partial charge in [-0.3, -0.25) is 0 Å². The van der Waals surface area contributed by atoms with E-state index in [0.29, 0.717) is 43.2 Å². The van der Waals surface area contributed by atoms with E-state index in [2.05, 4.69) is 26.8 Å². The van der Waals surface area contributed by atoms with Crippen molar-refractivity contribution in [3.05, 3.63) is 42.0 Å². The Morgan fingerprint density at radius 2 is 1.88 bits per heavy atom. The third kappa shape index (κ3) is 6.21. The van der Waals surface area contributed by atoms with Crippen LogP contribution in [0, 0.1) is 11.6 Å². The normalized spacial score (nSPS) is 19.8. The zero-order valence-corrected chi connectivity index (χ0v) is 25.1. The lowest BCUT2D eigenvalue weighted by Crippen LogP contribution is -2.54. The molecule has 0 spiro atoms. The Bertz CT molecular complexity index is 1460. The van der Waals surface area contributed by atoms with Gasteiger partial charge in [0.05, 0.1) is 18.4 Å². The molecule has 226 valence electrons. The average Bonchev–Trinajstić information content (AvgIpc) is 3.34. The van der Waals surface area contributed by atoms with Crippen molar-refractivity contribution in [2.75, 3.05) is 51.8 Å². The summed E-state index contributed by atoms with van der Waals surface area (Å²) in [5, 5.41) is 0.467. The molecule has 11 heteroatoms. The number of likely N-dealkylation sites (tertiary alicyclic amines) is 1. The van der Waals surface area contributed by atoms with Crippen molar-refractivity contribution in [3.8, 4) is 22.9 Å². The van der Waals surface area contributed by atoms with Crippen molar-refractivity contribution in [1.82, 2.24) is 19.8 Å². The minimum absolute atomic E-state index is 0.0685. The largest absolute Gasteiger partial charge is 0.496 e.